The van der Waals surface area contributed by atoms with Crippen LogP contribution in [0.4, 0.5) is 5.69 Å². The maximum Gasteiger partial charge on any atom is 0.261 e. The molecule has 0 aliphatic rings. The number of aromatic nitrogens is 3. The molecule has 0 bridgehead atoms. The third-order valence-electron chi connectivity index (χ3n) is 3.74. The van der Waals surface area contributed by atoms with Gasteiger partial charge in [-0.1, -0.05) is 32.0 Å². The first-order chi connectivity index (χ1) is 12.4. The second-order valence-electron chi connectivity index (χ2n) is 5.99. The molecule has 2 N–H and O–H groups in total. The molecule has 0 unspecified atom stereocenters. The molecule has 0 amide bonds. The zero-order valence-electron chi connectivity index (χ0n) is 14.3. The smallest absolute Gasteiger partial charge is 0.261 e. The summed E-state index contributed by atoms with van der Waals surface area (Å²) < 4.78 is 28.0. The summed E-state index contributed by atoms with van der Waals surface area (Å²) >= 11 is 0. The zero-order chi connectivity index (χ0) is 18.7. The van der Waals surface area contributed by atoms with E-state index in [1.807, 2.05) is 19.9 Å². The van der Waals surface area contributed by atoms with E-state index in [0.29, 0.717) is 17.1 Å². The lowest BCUT2D eigenvalue weighted by Crippen LogP contribution is -2.14. The van der Waals surface area contributed by atoms with E-state index in [1.54, 1.807) is 30.3 Å². The highest BCUT2D eigenvalue weighted by atomic mass is 32.2. The molecule has 0 aliphatic carbocycles. The largest absolute Gasteiger partial charge is 0.279 e. The number of rotatable bonds is 5. The van der Waals surface area contributed by atoms with Crippen molar-refractivity contribution in [3.8, 4) is 17.5 Å². The summed E-state index contributed by atoms with van der Waals surface area (Å²) in [5.74, 6) is 1.31. The van der Waals surface area contributed by atoms with Crippen LogP contribution >= 0.6 is 0 Å². The molecule has 0 radical (unpaired) electrons. The van der Waals surface area contributed by atoms with Crippen molar-refractivity contribution < 1.29 is 8.42 Å². The third kappa shape index (κ3) is 3.58. The predicted octanol–water partition coefficient (Wildman–Crippen LogP) is 3.27. The second kappa shape index (κ2) is 6.98. The van der Waals surface area contributed by atoms with E-state index in [4.69, 9.17) is 5.26 Å². The van der Waals surface area contributed by atoms with Crippen LogP contribution in [0.1, 0.15) is 31.2 Å². The fourth-order valence-corrected chi connectivity index (χ4v) is 3.48. The van der Waals surface area contributed by atoms with Crippen molar-refractivity contribution in [3.05, 3.63) is 59.9 Å². The molecule has 8 heteroatoms. The molecule has 0 spiro atoms. The quantitative estimate of drug-likeness (QED) is 0.719. The molecule has 1 heterocycles. The average Bonchev–Trinajstić information content (AvgIpc) is 3.12. The van der Waals surface area contributed by atoms with Crippen molar-refractivity contribution >= 4 is 15.7 Å². The van der Waals surface area contributed by atoms with E-state index in [2.05, 4.69) is 19.9 Å². The highest BCUT2D eigenvalue weighted by Crippen LogP contribution is 2.28. The molecule has 0 fully saturated rings. The zero-order valence-corrected chi connectivity index (χ0v) is 15.1. The lowest BCUT2D eigenvalue weighted by Gasteiger charge is -2.11. The summed E-state index contributed by atoms with van der Waals surface area (Å²) in [4.78, 5) is 4.44. The number of benzene rings is 2. The Hall–Kier alpha value is -3.18. The SMILES string of the molecule is CC(C)c1nc(-c2ccccc2NS(=O)(=O)c2cccc(C#N)c2)n[nH]1. The van der Waals surface area contributed by atoms with E-state index >= 15 is 0 Å². The normalized spacial score (nSPS) is 11.3. The predicted molar refractivity (Wildman–Crippen MR) is 97.9 cm³/mol. The maximum atomic E-state index is 12.7. The summed E-state index contributed by atoms with van der Waals surface area (Å²) in [5, 5.41) is 16.0. The molecule has 26 heavy (non-hydrogen) atoms. The summed E-state index contributed by atoms with van der Waals surface area (Å²) in [6, 6.07) is 14.7. The number of sulfonamides is 1. The first-order valence-electron chi connectivity index (χ1n) is 7.95. The molecular formula is C18H17N5O2S. The Balaban J connectivity index is 1.99. The lowest BCUT2D eigenvalue weighted by molar-refractivity contribution is 0.601. The number of hydrogen-bond acceptors (Lipinski definition) is 5. The Morgan fingerprint density at radius 3 is 2.62 bits per heavy atom. The Morgan fingerprint density at radius 2 is 1.92 bits per heavy atom. The van der Waals surface area contributed by atoms with Gasteiger partial charge >= 0.3 is 0 Å². The van der Waals surface area contributed by atoms with Crippen LogP contribution in [0.15, 0.2) is 53.4 Å². The molecule has 2 aromatic carbocycles. The van der Waals surface area contributed by atoms with Gasteiger partial charge in [0.05, 0.1) is 22.2 Å². The van der Waals surface area contributed by atoms with Gasteiger partial charge in [-0.05, 0) is 30.3 Å². The number of nitrogens with zero attached hydrogens (tertiary/aromatic N) is 3. The first kappa shape index (κ1) is 17.6. The van der Waals surface area contributed by atoms with Crippen LogP contribution < -0.4 is 4.72 Å². The van der Waals surface area contributed by atoms with Gasteiger partial charge in [-0.15, -0.1) is 0 Å². The van der Waals surface area contributed by atoms with E-state index < -0.39 is 10.0 Å². The highest BCUT2D eigenvalue weighted by Gasteiger charge is 2.19. The monoisotopic (exact) mass is 367 g/mol. The Morgan fingerprint density at radius 1 is 1.15 bits per heavy atom. The second-order valence-corrected chi connectivity index (χ2v) is 7.67. The fraction of sp³-hybridized carbons (Fsp3) is 0.167. The number of H-pyrrole nitrogens is 1. The molecule has 0 atom stereocenters. The third-order valence-corrected chi connectivity index (χ3v) is 5.10. The minimum Gasteiger partial charge on any atom is -0.279 e. The number of aromatic amines is 1. The minimum atomic E-state index is -3.85. The van der Waals surface area contributed by atoms with Crippen molar-refractivity contribution in [3.63, 3.8) is 0 Å². The van der Waals surface area contributed by atoms with Crippen molar-refractivity contribution in [2.45, 2.75) is 24.7 Å². The van der Waals surface area contributed by atoms with Crippen LogP contribution in [0.5, 0.6) is 0 Å². The number of nitriles is 1. The Kier molecular flexibility index (Phi) is 4.73. The molecule has 0 saturated heterocycles. The van der Waals surface area contributed by atoms with Gasteiger partial charge in [0, 0.05) is 11.5 Å². The lowest BCUT2D eigenvalue weighted by atomic mass is 10.1. The first-order valence-corrected chi connectivity index (χ1v) is 9.43. The Labute approximate surface area is 151 Å². The number of para-hydroxylation sites is 1. The van der Waals surface area contributed by atoms with E-state index in [-0.39, 0.29) is 16.4 Å². The molecule has 1 aromatic heterocycles. The van der Waals surface area contributed by atoms with E-state index in [0.717, 1.165) is 5.82 Å². The molecule has 3 aromatic rings. The summed E-state index contributed by atoms with van der Waals surface area (Å²) in [6.07, 6.45) is 0. The molecular weight excluding hydrogens is 350 g/mol. The van der Waals surface area contributed by atoms with Crippen LogP contribution in [0.2, 0.25) is 0 Å². The van der Waals surface area contributed by atoms with Gasteiger partial charge in [-0.2, -0.15) is 10.4 Å². The van der Waals surface area contributed by atoms with Crippen LogP contribution in [0.25, 0.3) is 11.4 Å². The molecule has 0 saturated carbocycles. The van der Waals surface area contributed by atoms with Gasteiger partial charge in [0.15, 0.2) is 5.82 Å². The van der Waals surface area contributed by atoms with Gasteiger partial charge in [-0.25, -0.2) is 13.4 Å². The molecule has 7 nitrogen and oxygen atoms in total. The van der Waals surface area contributed by atoms with E-state index in [9.17, 15) is 8.42 Å². The van der Waals surface area contributed by atoms with Crippen molar-refractivity contribution in [2.24, 2.45) is 0 Å². The van der Waals surface area contributed by atoms with Gasteiger partial charge in [0.1, 0.15) is 5.82 Å². The topological polar surface area (TPSA) is 112 Å². The van der Waals surface area contributed by atoms with Crippen LogP contribution in [0, 0.1) is 11.3 Å². The van der Waals surface area contributed by atoms with E-state index in [1.165, 1.54) is 18.2 Å². The van der Waals surface area contributed by atoms with Crippen molar-refractivity contribution in [1.82, 2.24) is 15.2 Å². The van der Waals surface area contributed by atoms with Crippen molar-refractivity contribution in [2.75, 3.05) is 4.72 Å². The standard InChI is InChI=1S/C18H17N5O2S/c1-12(2)17-20-18(22-21-17)15-8-3-4-9-16(15)23-26(24,25)14-7-5-6-13(10-14)11-19/h3-10,12,23H,1-2H3,(H,20,21,22). The number of anilines is 1. The maximum absolute atomic E-state index is 12.7. The number of nitrogens with one attached hydrogen (secondary N) is 2. The molecule has 132 valence electrons. The van der Waals surface area contributed by atoms with Gasteiger partial charge in [0.2, 0.25) is 0 Å². The molecule has 3 rings (SSSR count). The molecule has 0 aliphatic heterocycles. The summed E-state index contributed by atoms with van der Waals surface area (Å²) in [5.41, 5.74) is 1.21. The van der Waals surface area contributed by atoms with Gasteiger partial charge < -0.3 is 0 Å². The van der Waals surface area contributed by atoms with Crippen LogP contribution in [-0.2, 0) is 10.0 Å². The Bertz CT molecular complexity index is 1080. The highest BCUT2D eigenvalue weighted by molar-refractivity contribution is 7.92. The summed E-state index contributed by atoms with van der Waals surface area (Å²) in [7, 11) is -3.85. The van der Waals surface area contributed by atoms with Crippen LogP contribution in [0.3, 0.4) is 0 Å². The van der Waals surface area contributed by atoms with Crippen molar-refractivity contribution in [1.29, 1.82) is 5.26 Å². The van der Waals surface area contributed by atoms with Crippen LogP contribution in [-0.4, -0.2) is 23.6 Å². The van der Waals surface area contributed by atoms with Gasteiger partial charge in [-0.3, -0.25) is 9.82 Å². The minimum absolute atomic E-state index is 0.0178. The number of hydrogen-bond donors (Lipinski definition) is 2. The average molecular weight is 367 g/mol. The summed E-state index contributed by atoms with van der Waals surface area (Å²) in [6.45, 7) is 3.97. The van der Waals surface area contributed by atoms with Gasteiger partial charge in [0.25, 0.3) is 10.0 Å². The fourth-order valence-electron chi connectivity index (χ4n) is 2.36.